The van der Waals surface area contributed by atoms with E-state index in [1.54, 1.807) is 26.2 Å². The van der Waals surface area contributed by atoms with Crippen LogP contribution in [0, 0.1) is 0 Å². The monoisotopic (exact) mass is 320 g/mol. The van der Waals surface area contributed by atoms with E-state index >= 15 is 0 Å². The number of rotatable bonds is 6. The van der Waals surface area contributed by atoms with Crippen molar-refractivity contribution in [2.24, 2.45) is 0 Å². The Labute approximate surface area is 123 Å². The van der Waals surface area contributed by atoms with Crippen LogP contribution >= 0.6 is 11.3 Å². The maximum atomic E-state index is 12.0. The fourth-order valence-corrected chi connectivity index (χ4v) is 2.94. The topological polar surface area (TPSA) is 85.4 Å². The molecule has 0 saturated heterocycles. The lowest BCUT2D eigenvalue weighted by molar-refractivity contribution is -0.140. The molecule has 20 heavy (non-hydrogen) atoms. The van der Waals surface area contributed by atoms with Gasteiger partial charge >= 0.3 is 5.97 Å². The van der Waals surface area contributed by atoms with Gasteiger partial charge in [0.05, 0.1) is 17.6 Å². The van der Waals surface area contributed by atoms with Gasteiger partial charge in [-0.1, -0.05) is 0 Å². The second-order valence-electron chi connectivity index (χ2n) is 5.29. The zero-order valence-corrected chi connectivity index (χ0v) is 13.7. The van der Waals surface area contributed by atoms with Crippen molar-refractivity contribution in [3.05, 3.63) is 11.1 Å². The van der Waals surface area contributed by atoms with E-state index in [4.69, 9.17) is 0 Å². The first-order chi connectivity index (χ1) is 9.15. The molecular formula is C12H20N2O4S2. The summed E-state index contributed by atoms with van der Waals surface area (Å²) in [6.07, 6.45) is 1.57. The summed E-state index contributed by atoms with van der Waals surface area (Å²) in [7, 11) is -2.10. The molecule has 0 amide bonds. The maximum absolute atomic E-state index is 12.0. The number of nitrogens with one attached hydrogen (secondary N) is 1. The van der Waals surface area contributed by atoms with Crippen LogP contribution in [0.1, 0.15) is 39.3 Å². The molecule has 0 unspecified atom stereocenters. The van der Waals surface area contributed by atoms with Crippen LogP contribution in [-0.4, -0.2) is 31.2 Å². The number of hydrogen-bond acceptors (Lipinski definition) is 6. The molecule has 1 heterocycles. The Morgan fingerprint density at radius 2 is 2.10 bits per heavy atom. The molecule has 0 atom stereocenters. The van der Waals surface area contributed by atoms with Crippen molar-refractivity contribution in [2.75, 3.05) is 11.8 Å². The van der Waals surface area contributed by atoms with Crippen LogP contribution in [0.25, 0.3) is 0 Å². The molecule has 6 nitrogen and oxygen atoms in total. The molecule has 0 spiro atoms. The van der Waals surface area contributed by atoms with Crippen molar-refractivity contribution < 1.29 is 17.9 Å². The lowest BCUT2D eigenvalue weighted by atomic mass is 10.2. The standard InChI is InChI=1S/C12H20N2O4S2/c1-12(2,3)20(16,17)14-11-13-9(8-19-11)6-5-7-10(15)18-4/h8H,5-7H2,1-4H3,(H,13,14). The number of esters is 1. The van der Waals surface area contributed by atoms with Crippen LogP contribution in [0.2, 0.25) is 0 Å². The zero-order valence-electron chi connectivity index (χ0n) is 12.1. The number of methoxy groups -OCH3 is 1. The van der Waals surface area contributed by atoms with Crippen molar-refractivity contribution in [1.82, 2.24) is 4.98 Å². The van der Waals surface area contributed by atoms with Gasteiger partial charge in [0.2, 0.25) is 10.0 Å². The Hall–Kier alpha value is -1.15. The minimum atomic E-state index is -3.45. The molecule has 0 aliphatic carbocycles. The minimum absolute atomic E-state index is 0.256. The smallest absolute Gasteiger partial charge is 0.305 e. The quantitative estimate of drug-likeness (QED) is 0.812. The number of sulfonamides is 1. The first kappa shape index (κ1) is 16.9. The van der Waals surface area contributed by atoms with Gasteiger partial charge in [-0.05, 0) is 33.6 Å². The number of carbonyl (C=O) groups is 1. The van der Waals surface area contributed by atoms with E-state index in [1.165, 1.54) is 18.4 Å². The van der Waals surface area contributed by atoms with Crippen LogP contribution in [0.4, 0.5) is 5.13 Å². The van der Waals surface area contributed by atoms with Gasteiger partial charge in [-0.3, -0.25) is 9.52 Å². The van der Waals surface area contributed by atoms with E-state index in [0.717, 1.165) is 5.69 Å². The molecular weight excluding hydrogens is 300 g/mol. The van der Waals surface area contributed by atoms with Crippen molar-refractivity contribution in [3.8, 4) is 0 Å². The molecule has 0 bridgehead atoms. The third-order valence-electron chi connectivity index (χ3n) is 2.62. The molecule has 0 aliphatic rings. The number of hydrogen-bond donors (Lipinski definition) is 1. The van der Waals surface area contributed by atoms with Gasteiger partial charge < -0.3 is 4.74 Å². The molecule has 0 fully saturated rings. The van der Waals surface area contributed by atoms with Gasteiger partial charge in [0.1, 0.15) is 0 Å². The highest BCUT2D eigenvalue weighted by Gasteiger charge is 2.29. The van der Waals surface area contributed by atoms with E-state index in [2.05, 4.69) is 14.4 Å². The lowest BCUT2D eigenvalue weighted by Gasteiger charge is -2.18. The lowest BCUT2D eigenvalue weighted by Crippen LogP contribution is -2.33. The van der Waals surface area contributed by atoms with Gasteiger partial charge in [0.25, 0.3) is 0 Å². The number of aromatic nitrogens is 1. The number of thiazole rings is 1. The summed E-state index contributed by atoms with van der Waals surface area (Å²) < 4.78 is 30.1. The number of anilines is 1. The summed E-state index contributed by atoms with van der Waals surface area (Å²) in [5, 5.41) is 2.14. The Balaban J connectivity index is 2.58. The van der Waals surface area contributed by atoms with Crippen LogP contribution < -0.4 is 4.72 Å². The van der Waals surface area contributed by atoms with Crippen LogP contribution in [0.15, 0.2) is 5.38 Å². The zero-order chi connectivity index (χ0) is 15.4. The first-order valence-electron chi connectivity index (χ1n) is 6.19. The highest BCUT2D eigenvalue weighted by molar-refractivity contribution is 7.94. The summed E-state index contributed by atoms with van der Waals surface area (Å²) in [6, 6.07) is 0. The molecule has 0 radical (unpaired) electrons. The van der Waals surface area contributed by atoms with E-state index in [1.807, 2.05) is 0 Å². The molecule has 8 heteroatoms. The van der Waals surface area contributed by atoms with E-state index in [-0.39, 0.29) is 5.97 Å². The number of carbonyl (C=O) groups excluding carboxylic acids is 1. The predicted molar refractivity (Wildman–Crippen MR) is 79.4 cm³/mol. The van der Waals surface area contributed by atoms with Crippen molar-refractivity contribution in [1.29, 1.82) is 0 Å². The summed E-state index contributed by atoms with van der Waals surface area (Å²) in [4.78, 5) is 15.2. The normalized spacial score (nSPS) is 12.2. The number of aryl methyl sites for hydroxylation is 1. The molecule has 0 saturated carbocycles. The Morgan fingerprint density at radius 1 is 1.45 bits per heavy atom. The fourth-order valence-electron chi connectivity index (χ4n) is 1.25. The van der Waals surface area contributed by atoms with Gasteiger partial charge in [-0.15, -0.1) is 11.3 Å². The van der Waals surface area contributed by atoms with Crippen LogP contribution in [0.3, 0.4) is 0 Å². The number of nitrogens with zero attached hydrogens (tertiary/aromatic N) is 1. The molecule has 1 N–H and O–H groups in total. The van der Waals surface area contributed by atoms with E-state index < -0.39 is 14.8 Å². The second-order valence-corrected chi connectivity index (χ2v) is 8.59. The Morgan fingerprint density at radius 3 is 2.65 bits per heavy atom. The maximum Gasteiger partial charge on any atom is 0.305 e. The van der Waals surface area contributed by atoms with E-state index in [0.29, 0.717) is 24.4 Å². The predicted octanol–water partition coefficient (Wildman–Crippen LogP) is 2.18. The molecule has 0 aliphatic heterocycles. The summed E-state index contributed by atoms with van der Waals surface area (Å²) in [5.41, 5.74) is 0.769. The molecule has 1 rings (SSSR count). The third kappa shape index (κ3) is 4.75. The van der Waals surface area contributed by atoms with E-state index in [9.17, 15) is 13.2 Å². The summed E-state index contributed by atoms with van der Waals surface area (Å²) in [6.45, 7) is 4.88. The average Bonchev–Trinajstić information content (AvgIpc) is 2.74. The fraction of sp³-hybridized carbons (Fsp3) is 0.667. The molecule has 1 aromatic heterocycles. The van der Waals surface area contributed by atoms with Crippen LogP contribution in [-0.2, 0) is 26.0 Å². The second kappa shape index (κ2) is 6.53. The molecule has 0 aromatic carbocycles. The molecule has 114 valence electrons. The van der Waals surface area contributed by atoms with Gasteiger partial charge in [-0.2, -0.15) is 0 Å². The average molecular weight is 320 g/mol. The van der Waals surface area contributed by atoms with Gasteiger partial charge in [-0.25, -0.2) is 13.4 Å². The summed E-state index contributed by atoms with van der Waals surface area (Å²) in [5.74, 6) is -0.256. The van der Waals surface area contributed by atoms with Crippen molar-refractivity contribution >= 4 is 32.5 Å². The first-order valence-corrected chi connectivity index (χ1v) is 8.55. The SMILES string of the molecule is COC(=O)CCCc1csc(NS(=O)(=O)C(C)(C)C)n1. The van der Waals surface area contributed by atoms with Crippen molar-refractivity contribution in [3.63, 3.8) is 0 Å². The number of ether oxygens (including phenoxy) is 1. The van der Waals surface area contributed by atoms with Gasteiger partial charge in [0.15, 0.2) is 5.13 Å². The third-order valence-corrected chi connectivity index (χ3v) is 5.63. The highest BCUT2D eigenvalue weighted by atomic mass is 32.2. The minimum Gasteiger partial charge on any atom is -0.469 e. The Kier molecular flexibility index (Phi) is 5.52. The van der Waals surface area contributed by atoms with Crippen molar-refractivity contribution in [2.45, 2.75) is 44.8 Å². The Bertz CT molecular complexity index is 558. The van der Waals surface area contributed by atoms with Crippen LogP contribution in [0.5, 0.6) is 0 Å². The van der Waals surface area contributed by atoms with Gasteiger partial charge in [0, 0.05) is 11.8 Å². The summed E-state index contributed by atoms with van der Waals surface area (Å²) >= 11 is 1.24. The largest absolute Gasteiger partial charge is 0.469 e. The highest BCUT2D eigenvalue weighted by Crippen LogP contribution is 2.23. The molecule has 1 aromatic rings.